The van der Waals surface area contributed by atoms with E-state index in [4.69, 9.17) is 9.84 Å². The van der Waals surface area contributed by atoms with Gasteiger partial charge in [0.2, 0.25) is 12.1 Å². The predicted octanol–water partition coefficient (Wildman–Crippen LogP) is 2.99. The topological polar surface area (TPSA) is 114 Å². The fourth-order valence-electron chi connectivity index (χ4n) is 3.58. The average molecular weight is 446 g/mol. The molecule has 8 nitrogen and oxygen atoms in total. The van der Waals surface area contributed by atoms with Crippen LogP contribution in [0.3, 0.4) is 0 Å². The molecular weight excluding hydrogens is 412 g/mol. The second-order valence-corrected chi connectivity index (χ2v) is 7.96. The number of hydrogen-bond acceptors (Lipinski definition) is 6. The molecule has 1 fully saturated rings. The first-order valence-electron chi connectivity index (χ1n) is 11.0. The molecule has 1 amide bonds. The quantitative estimate of drug-likeness (QED) is 0.402. The maximum absolute atomic E-state index is 14.2. The van der Waals surface area contributed by atoms with E-state index in [1.54, 1.807) is 0 Å². The Morgan fingerprint density at radius 1 is 1.19 bits per heavy atom. The number of alkyl halides is 2. The molecule has 1 aromatic rings. The van der Waals surface area contributed by atoms with Crippen LogP contribution in [0.4, 0.5) is 14.6 Å². The van der Waals surface area contributed by atoms with Crippen molar-refractivity contribution in [1.82, 2.24) is 9.55 Å². The summed E-state index contributed by atoms with van der Waals surface area (Å²) < 4.78 is 33.8. The molecule has 3 atom stereocenters. The number of carbonyl (C=O) groups is 1. The van der Waals surface area contributed by atoms with Gasteiger partial charge in [-0.1, -0.05) is 58.3 Å². The standard InChI is InChI=1S/C21H33F2N3O5/c1-2-3-4-5-6-7-8-9-10-11-17(28)24-16-12-13-26(20(30)25-16)19-21(22,23)18(29)15(14-27)31-19/h12-13,15,18-19,27,29H,2-11,14H2,1H3,(H,24,25,28,30)/t15-,18-,19-/m1/s1. The van der Waals surface area contributed by atoms with E-state index in [1.165, 1.54) is 38.2 Å². The van der Waals surface area contributed by atoms with Crippen LogP contribution in [0.2, 0.25) is 0 Å². The van der Waals surface area contributed by atoms with Crippen LogP contribution in [0.1, 0.15) is 77.4 Å². The Balaban J connectivity index is 1.78. The van der Waals surface area contributed by atoms with Gasteiger partial charge >= 0.3 is 11.6 Å². The van der Waals surface area contributed by atoms with Crippen molar-refractivity contribution in [3.05, 3.63) is 22.7 Å². The van der Waals surface area contributed by atoms with Gasteiger partial charge in [-0.15, -0.1) is 0 Å². The molecule has 176 valence electrons. The molecule has 0 aliphatic carbocycles. The molecule has 1 aliphatic rings. The fourth-order valence-corrected chi connectivity index (χ4v) is 3.58. The predicted molar refractivity (Wildman–Crippen MR) is 111 cm³/mol. The zero-order valence-corrected chi connectivity index (χ0v) is 17.9. The van der Waals surface area contributed by atoms with Crippen LogP contribution in [0.5, 0.6) is 0 Å². The number of aliphatic hydroxyl groups is 2. The van der Waals surface area contributed by atoms with E-state index < -0.39 is 36.7 Å². The van der Waals surface area contributed by atoms with Gasteiger partial charge in [-0.05, 0) is 12.5 Å². The Kier molecular flexibility index (Phi) is 9.98. The van der Waals surface area contributed by atoms with E-state index in [-0.39, 0.29) is 18.1 Å². The molecule has 1 aromatic heterocycles. The molecule has 0 unspecified atom stereocenters. The molecule has 0 bridgehead atoms. The molecule has 1 aliphatic heterocycles. The van der Waals surface area contributed by atoms with Crippen LogP contribution in [0.25, 0.3) is 0 Å². The second-order valence-electron chi connectivity index (χ2n) is 7.96. The van der Waals surface area contributed by atoms with Gasteiger partial charge in [0.15, 0.2) is 6.10 Å². The molecule has 0 saturated carbocycles. The second kappa shape index (κ2) is 12.2. The van der Waals surface area contributed by atoms with Gasteiger partial charge in [-0.2, -0.15) is 13.8 Å². The summed E-state index contributed by atoms with van der Waals surface area (Å²) in [6, 6.07) is 1.22. The highest BCUT2D eigenvalue weighted by molar-refractivity contribution is 5.89. The molecule has 0 radical (unpaired) electrons. The number of carbonyl (C=O) groups excluding carboxylic acids is 1. The molecule has 0 aromatic carbocycles. The van der Waals surface area contributed by atoms with Gasteiger partial charge < -0.3 is 20.3 Å². The maximum Gasteiger partial charge on any atom is 0.351 e. The van der Waals surface area contributed by atoms with Crippen LogP contribution >= 0.6 is 0 Å². The number of halogens is 2. The molecular formula is C21H33F2N3O5. The average Bonchev–Trinajstić information content (AvgIpc) is 2.96. The lowest BCUT2D eigenvalue weighted by Gasteiger charge is -2.21. The number of unbranched alkanes of at least 4 members (excludes halogenated alkanes) is 8. The van der Waals surface area contributed by atoms with Crippen LogP contribution in [-0.2, 0) is 9.53 Å². The van der Waals surface area contributed by atoms with Crippen molar-refractivity contribution in [1.29, 1.82) is 0 Å². The van der Waals surface area contributed by atoms with Crippen molar-refractivity contribution in [3.63, 3.8) is 0 Å². The number of anilines is 1. The summed E-state index contributed by atoms with van der Waals surface area (Å²) in [5.74, 6) is -4.12. The Morgan fingerprint density at radius 3 is 2.35 bits per heavy atom. The number of aromatic nitrogens is 2. The zero-order chi connectivity index (χ0) is 22.9. The van der Waals surface area contributed by atoms with Gasteiger partial charge in [-0.3, -0.25) is 9.36 Å². The lowest BCUT2D eigenvalue weighted by molar-refractivity contribution is -0.141. The van der Waals surface area contributed by atoms with Crippen LogP contribution in [0, 0.1) is 0 Å². The molecule has 2 rings (SSSR count). The fraction of sp³-hybridized carbons (Fsp3) is 0.762. The number of nitrogens with zero attached hydrogens (tertiary/aromatic N) is 2. The molecule has 3 N–H and O–H groups in total. The summed E-state index contributed by atoms with van der Waals surface area (Å²) in [6.07, 6.45) is 5.61. The van der Waals surface area contributed by atoms with Gasteiger partial charge in [0.1, 0.15) is 11.9 Å². The summed E-state index contributed by atoms with van der Waals surface area (Å²) in [5, 5.41) is 21.1. The Bertz CT molecular complexity index is 759. The minimum atomic E-state index is -3.78. The van der Waals surface area contributed by atoms with Crippen molar-refractivity contribution in [2.45, 2.75) is 95.5 Å². The van der Waals surface area contributed by atoms with Crippen molar-refractivity contribution in [3.8, 4) is 0 Å². The van der Waals surface area contributed by atoms with Crippen LogP contribution in [-0.4, -0.2) is 50.4 Å². The minimum Gasteiger partial charge on any atom is -0.394 e. The van der Waals surface area contributed by atoms with E-state index in [0.29, 0.717) is 4.57 Å². The molecule has 10 heteroatoms. The third kappa shape index (κ3) is 7.05. The molecule has 1 saturated heterocycles. The molecule has 2 heterocycles. The van der Waals surface area contributed by atoms with Crippen LogP contribution in [0.15, 0.2) is 17.1 Å². The number of nitrogens with one attached hydrogen (secondary N) is 1. The minimum absolute atomic E-state index is 0.0391. The summed E-state index contributed by atoms with van der Waals surface area (Å²) in [5.41, 5.74) is -1.06. The van der Waals surface area contributed by atoms with Crippen LogP contribution < -0.4 is 11.0 Å². The summed E-state index contributed by atoms with van der Waals surface area (Å²) >= 11 is 0. The lowest BCUT2D eigenvalue weighted by atomic mass is 10.1. The van der Waals surface area contributed by atoms with E-state index in [9.17, 15) is 23.5 Å². The first kappa shape index (κ1) is 25.4. The third-order valence-corrected chi connectivity index (χ3v) is 5.42. The first-order valence-corrected chi connectivity index (χ1v) is 11.0. The summed E-state index contributed by atoms with van der Waals surface area (Å²) in [7, 11) is 0. The highest BCUT2D eigenvalue weighted by Gasteiger charge is 2.59. The maximum atomic E-state index is 14.2. The monoisotopic (exact) mass is 445 g/mol. The Morgan fingerprint density at radius 2 is 1.81 bits per heavy atom. The van der Waals surface area contributed by atoms with Gasteiger partial charge in [0.05, 0.1) is 6.61 Å². The molecule has 31 heavy (non-hydrogen) atoms. The van der Waals surface area contributed by atoms with Gasteiger partial charge in [0, 0.05) is 12.6 Å². The Labute approximate surface area is 180 Å². The largest absolute Gasteiger partial charge is 0.394 e. The van der Waals surface area contributed by atoms with Gasteiger partial charge in [-0.25, -0.2) is 4.79 Å². The first-order chi connectivity index (χ1) is 14.8. The van der Waals surface area contributed by atoms with Gasteiger partial charge in [0.25, 0.3) is 0 Å². The van der Waals surface area contributed by atoms with E-state index in [1.807, 2.05) is 0 Å². The highest BCUT2D eigenvalue weighted by Crippen LogP contribution is 2.41. The van der Waals surface area contributed by atoms with Crippen molar-refractivity contribution in [2.75, 3.05) is 11.9 Å². The van der Waals surface area contributed by atoms with Crippen molar-refractivity contribution < 1.29 is 28.5 Å². The van der Waals surface area contributed by atoms with Crippen molar-refractivity contribution in [2.24, 2.45) is 0 Å². The number of hydrogen-bond donors (Lipinski definition) is 3. The zero-order valence-electron chi connectivity index (χ0n) is 17.9. The summed E-state index contributed by atoms with van der Waals surface area (Å²) in [4.78, 5) is 27.8. The smallest absolute Gasteiger partial charge is 0.351 e. The Hall–Kier alpha value is -1.91. The third-order valence-electron chi connectivity index (χ3n) is 5.42. The van der Waals surface area contributed by atoms with E-state index in [2.05, 4.69) is 17.2 Å². The number of amides is 1. The van der Waals surface area contributed by atoms with Crippen molar-refractivity contribution >= 4 is 11.7 Å². The molecule has 0 spiro atoms. The SMILES string of the molecule is CCCCCCCCCCCC(=O)Nc1ccn([C@@H]2O[C@H](CO)[C@@H](O)C2(F)F)c(=O)n1. The lowest BCUT2D eigenvalue weighted by Crippen LogP contribution is -2.41. The summed E-state index contributed by atoms with van der Waals surface area (Å²) in [6.45, 7) is 1.37. The highest BCUT2D eigenvalue weighted by atomic mass is 19.3. The normalized spacial score (nSPS) is 22.5. The number of rotatable bonds is 13. The van der Waals surface area contributed by atoms with E-state index >= 15 is 0 Å². The number of aliphatic hydroxyl groups excluding tert-OH is 2. The number of ether oxygens (including phenoxy) is 1. The van der Waals surface area contributed by atoms with E-state index in [0.717, 1.165) is 31.9 Å².